The number of halogens is 3. The molecule has 1 aromatic rings. The van der Waals surface area contributed by atoms with Crippen molar-refractivity contribution in [2.45, 2.75) is 13.8 Å². The Labute approximate surface area is 132 Å². The number of carbonyl (C=O) groups excluding carboxylic acids is 2. The number of nitrogens with one attached hydrogen (secondary N) is 1. The lowest BCUT2D eigenvalue weighted by Crippen LogP contribution is -2.31. The highest BCUT2D eigenvalue weighted by molar-refractivity contribution is 6.46. The number of carbonyl (C=O) groups is 2. The van der Waals surface area contributed by atoms with E-state index < -0.39 is 12.6 Å². The van der Waals surface area contributed by atoms with Gasteiger partial charge in [0, 0.05) is 6.54 Å². The third-order valence-electron chi connectivity index (χ3n) is 2.29. The first-order valence-corrected chi connectivity index (χ1v) is 7.03. The minimum Gasteiger partial charge on any atom is -0.452 e. The Morgan fingerprint density at radius 1 is 1.20 bits per heavy atom. The van der Waals surface area contributed by atoms with Crippen molar-refractivity contribution in [2.24, 2.45) is 5.92 Å². The number of benzene rings is 1. The predicted molar refractivity (Wildman–Crippen MR) is 79.6 cm³/mol. The summed E-state index contributed by atoms with van der Waals surface area (Å²) >= 11 is 17.6. The first-order valence-electron chi connectivity index (χ1n) is 5.90. The van der Waals surface area contributed by atoms with Gasteiger partial charge in [-0.25, -0.2) is 4.79 Å². The molecule has 0 aliphatic carbocycles. The number of amides is 1. The maximum absolute atomic E-state index is 11.9. The summed E-state index contributed by atoms with van der Waals surface area (Å²) in [6.45, 7) is 4.02. The summed E-state index contributed by atoms with van der Waals surface area (Å²) in [5.41, 5.74) is -0.0440. The van der Waals surface area contributed by atoms with Gasteiger partial charge in [-0.2, -0.15) is 0 Å². The highest BCUT2D eigenvalue weighted by Crippen LogP contribution is 2.31. The van der Waals surface area contributed by atoms with Gasteiger partial charge in [0.1, 0.15) is 0 Å². The molecule has 0 saturated carbocycles. The molecule has 110 valence electrons. The molecule has 0 radical (unpaired) electrons. The lowest BCUT2D eigenvalue weighted by Gasteiger charge is -2.10. The van der Waals surface area contributed by atoms with Crippen molar-refractivity contribution < 1.29 is 14.3 Å². The lowest BCUT2D eigenvalue weighted by atomic mass is 10.2. The van der Waals surface area contributed by atoms with Gasteiger partial charge in [0.15, 0.2) is 6.61 Å². The van der Waals surface area contributed by atoms with Crippen LogP contribution in [-0.2, 0) is 9.53 Å². The standard InChI is InChI=1S/C13H14Cl3NO3/c1-7(2)5-17-10(18)6-20-13(19)11-8(14)3-4-9(15)12(11)16/h3-4,7H,5-6H2,1-2H3,(H,17,18). The molecule has 1 N–H and O–H groups in total. The van der Waals surface area contributed by atoms with E-state index in [0.29, 0.717) is 12.5 Å². The highest BCUT2D eigenvalue weighted by atomic mass is 35.5. The Bertz CT molecular complexity index is 518. The third-order valence-corrected chi connectivity index (χ3v) is 3.41. The molecule has 0 aromatic heterocycles. The van der Waals surface area contributed by atoms with E-state index in [1.165, 1.54) is 12.1 Å². The van der Waals surface area contributed by atoms with E-state index in [0.717, 1.165) is 0 Å². The van der Waals surface area contributed by atoms with Crippen molar-refractivity contribution in [3.05, 3.63) is 32.8 Å². The van der Waals surface area contributed by atoms with Crippen LogP contribution < -0.4 is 5.32 Å². The van der Waals surface area contributed by atoms with Gasteiger partial charge >= 0.3 is 5.97 Å². The second-order valence-corrected chi connectivity index (χ2v) is 5.68. The summed E-state index contributed by atoms with van der Waals surface area (Å²) in [6.07, 6.45) is 0. The topological polar surface area (TPSA) is 55.4 Å². The number of hydrogen-bond acceptors (Lipinski definition) is 3. The second kappa shape index (κ2) is 7.72. The van der Waals surface area contributed by atoms with Gasteiger partial charge in [-0.05, 0) is 18.1 Å². The van der Waals surface area contributed by atoms with E-state index in [1.54, 1.807) is 0 Å². The van der Waals surface area contributed by atoms with Crippen molar-refractivity contribution in [1.29, 1.82) is 0 Å². The van der Waals surface area contributed by atoms with E-state index in [9.17, 15) is 9.59 Å². The molecule has 0 spiro atoms. The summed E-state index contributed by atoms with van der Waals surface area (Å²) in [7, 11) is 0. The molecule has 4 nitrogen and oxygen atoms in total. The van der Waals surface area contributed by atoms with Crippen molar-refractivity contribution in [1.82, 2.24) is 5.32 Å². The van der Waals surface area contributed by atoms with Gasteiger partial charge in [0.05, 0.1) is 20.6 Å². The zero-order chi connectivity index (χ0) is 15.3. The van der Waals surface area contributed by atoms with Gasteiger partial charge in [-0.3, -0.25) is 4.79 Å². The van der Waals surface area contributed by atoms with Gasteiger partial charge < -0.3 is 10.1 Å². The number of hydrogen-bond donors (Lipinski definition) is 1. The Kier molecular flexibility index (Phi) is 6.59. The van der Waals surface area contributed by atoms with Crippen LogP contribution in [0.3, 0.4) is 0 Å². The van der Waals surface area contributed by atoms with E-state index >= 15 is 0 Å². The average molecular weight is 339 g/mol. The molecule has 0 heterocycles. The number of ether oxygens (including phenoxy) is 1. The molecule has 0 saturated heterocycles. The van der Waals surface area contributed by atoms with Crippen LogP contribution in [0.15, 0.2) is 12.1 Å². The Balaban J connectivity index is 2.64. The zero-order valence-electron chi connectivity index (χ0n) is 11.0. The van der Waals surface area contributed by atoms with Crippen molar-refractivity contribution in [3.8, 4) is 0 Å². The van der Waals surface area contributed by atoms with Crippen LogP contribution in [0, 0.1) is 5.92 Å². The van der Waals surface area contributed by atoms with Crippen LogP contribution in [0.4, 0.5) is 0 Å². The summed E-state index contributed by atoms with van der Waals surface area (Å²) in [4.78, 5) is 23.3. The van der Waals surface area contributed by atoms with Crippen molar-refractivity contribution in [3.63, 3.8) is 0 Å². The first kappa shape index (κ1) is 17.1. The molecule has 1 rings (SSSR count). The molecular weight excluding hydrogens is 325 g/mol. The zero-order valence-corrected chi connectivity index (χ0v) is 13.3. The summed E-state index contributed by atoms with van der Waals surface area (Å²) in [6, 6.07) is 2.91. The minimum atomic E-state index is -0.790. The van der Waals surface area contributed by atoms with E-state index in [2.05, 4.69) is 5.32 Å². The van der Waals surface area contributed by atoms with E-state index in [1.807, 2.05) is 13.8 Å². The predicted octanol–water partition coefficient (Wildman–Crippen LogP) is 3.58. The molecule has 1 amide bonds. The Morgan fingerprint density at radius 3 is 2.40 bits per heavy atom. The summed E-state index contributed by atoms with van der Waals surface area (Å²) in [5.74, 6) is -0.866. The molecule has 1 aromatic carbocycles. The maximum atomic E-state index is 11.9. The monoisotopic (exact) mass is 337 g/mol. The van der Waals surface area contributed by atoms with Crippen molar-refractivity contribution >= 4 is 46.7 Å². The molecule has 0 bridgehead atoms. The van der Waals surface area contributed by atoms with Crippen molar-refractivity contribution in [2.75, 3.05) is 13.2 Å². The van der Waals surface area contributed by atoms with Crippen LogP contribution in [-0.4, -0.2) is 25.0 Å². The molecule has 0 unspecified atom stereocenters. The van der Waals surface area contributed by atoms with E-state index in [-0.39, 0.29) is 26.5 Å². The van der Waals surface area contributed by atoms with Crippen LogP contribution >= 0.6 is 34.8 Å². The van der Waals surface area contributed by atoms with Gasteiger partial charge in [0.25, 0.3) is 5.91 Å². The molecular formula is C13H14Cl3NO3. The molecule has 0 atom stereocenters. The van der Waals surface area contributed by atoms with Gasteiger partial charge in [-0.1, -0.05) is 48.7 Å². The summed E-state index contributed by atoms with van der Waals surface area (Å²) in [5, 5.41) is 2.93. The maximum Gasteiger partial charge on any atom is 0.341 e. The summed E-state index contributed by atoms with van der Waals surface area (Å²) < 4.78 is 4.86. The van der Waals surface area contributed by atoms with Gasteiger partial charge in [-0.15, -0.1) is 0 Å². The Hall–Kier alpha value is -0.970. The van der Waals surface area contributed by atoms with Crippen LogP contribution in [0.25, 0.3) is 0 Å². The Morgan fingerprint density at radius 2 is 1.80 bits per heavy atom. The highest BCUT2D eigenvalue weighted by Gasteiger charge is 2.19. The number of rotatable bonds is 5. The molecule has 0 aliphatic heterocycles. The van der Waals surface area contributed by atoms with Crippen LogP contribution in [0.2, 0.25) is 15.1 Å². The quantitative estimate of drug-likeness (QED) is 0.659. The molecule has 0 fully saturated rings. The fraction of sp³-hybridized carbons (Fsp3) is 0.385. The molecule has 7 heteroatoms. The third kappa shape index (κ3) is 4.85. The normalized spacial score (nSPS) is 10.5. The average Bonchev–Trinajstić information content (AvgIpc) is 2.38. The second-order valence-electron chi connectivity index (χ2n) is 4.49. The smallest absolute Gasteiger partial charge is 0.341 e. The SMILES string of the molecule is CC(C)CNC(=O)COC(=O)c1c(Cl)ccc(Cl)c1Cl. The molecule has 0 aliphatic rings. The fourth-order valence-electron chi connectivity index (χ4n) is 1.29. The minimum absolute atomic E-state index is 0.00625. The first-order chi connectivity index (χ1) is 9.32. The van der Waals surface area contributed by atoms with Gasteiger partial charge in [0.2, 0.25) is 0 Å². The fourth-order valence-corrected chi connectivity index (χ4v) is 1.97. The van der Waals surface area contributed by atoms with Crippen LogP contribution in [0.1, 0.15) is 24.2 Å². The number of esters is 1. The largest absolute Gasteiger partial charge is 0.452 e. The van der Waals surface area contributed by atoms with E-state index in [4.69, 9.17) is 39.5 Å². The lowest BCUT2D eigenvalue weighted by molar-refractivity contribution is -0.124. The van der Waals surface area contributed by atoms with Crippen LogP contribution in [0.5, 0.6) is 0 Å². The molecule has 20 heavy (non-hydrogen) atoms.